The fourth-order valence-corrected chi connectivity index (χ4v) is 3.57. The molecule has 0 aliphatic rings. The van der Waals surface area contributed by atoms with E-state index in [4.69, 9.17) is 16.3 Å². The van der Waals surface area contributed by atoms with Crippen LogP contribution in [0.15, 0.2) is 57.6 Å². The van der Waals surface area contributed by atoms with Crippen molar-refractivity contribution in [2.24, 2.45) is 0 Å². The summed E-state index contributed by atoms with van der Waals surface area (Å²) in [4.78, 5) is 41.5. The molecular formula is C19H13ClN4O4S. The summed E-state index contributed by atoms with van der Waals surface area (Å²) in [5.74, 6) is -0.897. The van der Waals surface area contributed by atoms with Gasteiger partial charge in [0.05, 0.1) is 11.4 Å². The van der Waals surface area contributed by atoms with E-state index in [0.29, 0.717) is 21.4 Å². The Morgan fingerprint density at radius 3 is 2.72 bits per heavy atom. The summed E-state index contributed by atoms with van der Waals surface area (Å²) in [6.07, 6.45) is 1.61. The van der Waals surface area contributed by atoms with Gasteiger partial charge in [-0.2, -0.15) is 5.10 Å². The Morgan fingerprint density at radius 1 is 1.21 bits per heavy atom. The molecule has 29 heavy (non-hydrogen) atoms. The number of carbonyl (C=O) groups is 1. The Balaban J connectivity index is 1.60. The smallest absolute Gasteiger partial charge is 0.363 e. The van der Waals surface area contributed by atoms with Crippen LogP contribution in [0.4, 0.5) is 0 Å². The third-order valence-corrected chi connectivity index (χ3v) is 5.09. The summed E-state index contributed by atoms with van der Waals surface area (Å²) in [7, 11) is 0. The minimum absolute atomic E-state index is 0.252. The van der Waals surface area contributed by atoms with Crippen molar-refractivity contribution in [3.8, 4) is 5.69 Å². The zero-order valence-corrected chi connectivity index (χ0v) is 16.6. The summed E-state index contributed by atoms with van der Waals surface area (Å²) in [5.41, 5.74) is 0.279. The van der Waals surface area contributed by atoms with Crippen molar-refractivity contribution in [1.82, 2.24) is 19.2 Å². The fraction of sp³-hybridized carbons (Fsp3) is 0.105. The molecule has 4 aromatic rings. The van der Waals surface area contributed by atoms with E-state index in [1.54, 1.807) is 42.8 Å². The highest BCUT2D eigenvalue weighted by Gasteiger charge is 2.17. The van der Waals surface area contributed by atoms with Gasteiger partial charge in [-0.05, 0) is 31.2 Å². The first kappa shape index (κ1) is 19.0. The van der Waals surface area contributed by atoms with E-state index in [9.17, 15) is 14.4 Å². The van der Waals surface area contributed by atoms with Gasteiger partial charge in [0.2, 0.25) is 11.1 Å². The number of aromatic nitrogens is 4. The molecule has 146 valence electrons. The van der Waals surface area contributed by atoms with E-state index in [0.717, 1.165) is 0 Å². The number of nitrogens with zero attached hydrogens (tertiary/aromatic N) is 4. The third-order valence-electron chi connectivity index (χ3n) is 4.08. The molecule has 0 aliphatic heterocycles. The van der Waals surface area contributed by atoms with Gasteiger partial charge < -0.3 is 4.74 Å². The maximum atomic E-state index is 12.5. The monoisotopic (exact) mass is 428 g/mol. The Hall–Kier alpha value is -3.30. The molecule has 8 nitrogen and oxygen atoms in total. The second-order valence-electron chi connectivity index (χ2n) is 6.10. The van der Waals surface area contributed by atoms with Crippen LogP contribution in [0, 0.1) is 6.92 Å². The normalized spacial score (nSPS) is 11.0. The molecular weight excluding hydrogens is 416 g/mol. The van der Waals surface area contributed by atoms with Crippen LogP contribution < -0.4 is 11.0 Å². The Bertz CT molecular complexity index is 1340. The highest BCUT2D eigenvalue weighted by Crippen LogP contribution is 2.14. The zero-order valence-electron chi connectivity index (χ0n) is 15.0. The van der Waals surface area contributed by atoms with Gasteiger partial charge in [0.1, 0.15) is 6.61 Å². The second kappa shape index (κ2) is 7.61. The summed E-state index contributed by atoms with van der Waals surface area (Å²) in [5, 5.41) is 6.43. The van der Waals surface area contributed by atoms with Crippen molar-refractivity contribution in [3.05, 3.63) is 90.7 Å². The first-order chi connectivity index (χ1) is 13.9. The van der Waals surface area contributed by atoms with E-state index in [1.807, 2.05) is 0 Å². The number of benzene rings is 1. The number of carbonyl (C=O) groups excluding carboxylic acids is 1. The summed E-state index contributed by atoms with van der Waals surface area (Å²) < 4.78 is 8.03. The van der Waals surface area contributed by atoms with Gasteiger partial charge in [-0.1, -0.05) is 11.6 Å². The van der Waals surface area contributed by atoms with Gasteiger partial charge in [-0.25, -0.2) is 14.5 Å². The van der Waals surface area contributed by atoms with E-state index < -0.39 is 11.4 Å². The Kier molecular flexibility index (Phi) is 4.99. The van der Waals surface area contributed by atoms with Crippen LogP contribution in [0.25, 0.3) is 10.6 Å². The second-order valence-corrected chi connectivity index (χ2v) is 7.41. The van der Waals surface area contributed by atoms with Gasteiger partial charge in [0.25, 0.3) is 5.56 Å². The predicted molar refractivity (Wildman–Crippen MR) is 108 cm³/mol. The molecule has 0 amide bonds. The van der Waals surface area contributed by atoms with Crippen LogP contribution in [0.5, 0.6) is 0 Å². The largest absolute Gasteiger partial charge is 0.454 e. The predicted octanol–water partition coefficient (Wildman–Crippen LogP) is 2.62. The maximum absolute atomic E-state index is 12.5. The molecule has 0 saturated heterocycles. The van der Waals surface area contributed by atoms with E-state index in [-0.39, 0.29) is 23.6 Å². The van der Waals surface area contributed by atoms with Crippen molar-refractivity contribution >= 4 is 33.9 Å². The minimum Gasteiger partial charge on any atom is -0.454 e. The number of esters is 1. The number of fused-ring (bicyclic) bond motifs is 1. The summed E-state index contributed by atoms with van der Waals surface area (Å²) in [6, 6.07) is 9.38. The van der Waals surface area contributed by atoms with Crippen LogP contribution in [-0.2, 0) is 11.3 Å². The zero-order chi connectivity index (χ0) is 20.5. The van der Waals surface area contributed by atoms with E-state index >= 15 is 0 Å². The lowest BCUT2D eigenvalue weighted by Gasteiger charge is -2.11. The van der Waals surface area contributed by atoms with Crippen molar-refractivity contribution in [3.63, 3.8) is 0 Å². The van der Waals surface area contributed by atoms with Crippen molar-refractivity contribution in [1.29, 1.82) is 0 Å². The lowest BCUT2D eigenvalue weighted by Crippen LogP contribution is -2.24. The molecule has 0 fully saturated rings. The Labute approximate surface area is 172 Å². The maximum Gasteiger partial charge on any atom is 0.363 e. The van der Waals surface area contributed by atoms with E-state index in [1.165, 1.54) is 32.6 Å². The quantitative estimate of drug-likeness (QED) is 0.464. The molecule has 3 heterocycles. The molecule has 10 heteroatoms. The van der Waals surface area contributed by atoms with E-state index in [2.05, 4.69) is 10.1 Å². The van der Waals surface area contributed by atoms with Gasteiger partial charge >= 0.3 is 5.97 Å². The average molecular weight is 429 g/mol. The molecule has 0 saturated carbocycles. The molecule has 4 rings (SSSR count). The van der Waals surface area contributed by atoms with Crippen LogP contribution in [0.2, 0.25) is 5.02 Å². The number of aryl methyl sites for hydroxylation is 1. The highest BCUT2D eigenvalue weighted by atomic mass is 35.5. The third kappa shape index (κ3) is 3.82. The molecule has 0 atom stereocenters. The Morgan fingerprint density at radius 2 is 1.97 bits per heavy atom. The number of hydrogen-bond acceptors (Lipinski definition) is 7. The van der Waals surface area contributed by atoms with Gasteiger partial charge in [-0.3, -0.25) is 14.0 Å². The fourth-order valence-electron chi connectivity index (χ4n) is 2.70. The van der Waals surface area contributed by atoms with Crippen LogP contribution in [0.1, 0.15) is 21.9 Å². The molecule has 0 N–H and O–H groups in total. The van der Waals surface area contributed by atoms with Crippen LogP contribution in [0.3, 0.4) is 0 Å². The number of ether oxygens (including phenoxy) is 1. The number of halogens is 1. The molecule has 0 radical (unpaired) electrons. The molecule has 0 bridgehead atoms. The van der Waals surface area contributed by atoms with Crippen LogP contribution in [-0.4, -0.2) is 25.1 Å². The highest BCUT2D eigenvalue weighted by molar-refractivity contribution is 7.15. The van der Waals surface area contributed by atoms with Gasteiger partial charge in [0.15, 0.2) is 4.96 Å². The molecule has 3 aromatic heterocycles. The summed E-state index contributed by atoms with van der Waals surface area (Å²) >= 11 is 7.19. The summed E-state index contributed by atoms with van der Waals surface area (Å²) in [6.45, 7) is 1.45. The topological polar surface area (TPSA) is 95.6 Å². The molecule has 0 unspecified atom stereocenters. The average Bonchev–Trinajstić information content (AvgIpc) is 3.16. The number of thiazole rings is 1. The van der Waals surface area contributed by atoms with Gasteiger partial charge in [-0.15, -0.1) is 11.3 Å². The molecule has 0 aliphatic carbocycles. The van der Waals surface area contributed by atoms with Gasteiger partial charge in [0, 0.05) is 34.4 Å². The lowest BCUT2D eigenvalue weighted by molar-refractivity contribution is 0.0457. The number of rotatable bonds is 4. The van der Waals surface area contributed by atoms with Crippen molar-refractivity contribution in [2.45, 2.75) is 13.5 Å². The number of hydrogen-bond donors (Lipinski definition) is 0. The first-order valence-corrected chi connectivity index (χ1v) is 9.68. The van der Waals surface area contributed by atoms with Crippen molar-refractivity contribution < 1.29 is 9.53 Å². The standard InChI is InChI=1S/C19H13ClN4O4S/c1-11-8-15(25)17(22-24(11)14-4-2-12(20)3-5-14)18(27)28-10-13-9-16(26)23-6-7-29-19(23)21-13/h2-9H,10H2,1H3. The lowest BCUT2D eigenvalue weighted by atomic mass is 10.3. The molecule has 0 spiro atoms. The molecule has 1 aromatic carbocycles. The van der Waals surface area contributed by atoms with Crippen molar-refractivity contribution in [2.75, 3.05) is 0 Å². The SMILES string of the molecule is Cc1cc(=O)c(C(=O)OCc2cc(=O)n3ccsc3n2)nn1-c1ccc(Cl)cc1. The van der Waals surface area contributed by atoms with Crippen LogP contribution >= 0.6 is 22.9 Å². The first-order valence-electron chi connectivity index (χ1n) is 8.42. The minimum atomic E-state index is -0.897.